The minimum absolute atomic E-state index is 0.474. The van der Waals surface area contributed by atoms with Gasteiger partial charge in [-0.05, 0) is 38.5 Å². The highest BCUT2D eigenvalue weighted by atomic mass is 32.1. The lowest BCUT2D eigenvalue weighted by atomic mass is 10.1. The number of aromatic nitrogens is 1. The van der Waals surface area contributed by atoms with E-state index in [9.17, 15) is 5.11 Å². The third kappa shape index (κ3) is 3.09. The van der Waals surface area contributed by atoms with Crippen LogP contribution in [0.3, 0.4) is 0 Å². The van der Waals surface area contributed by atoms with Gasteiger partial charge in [-0.15, -0.1) is 11.3 Å². The summed E-state index contributed by atoms with van der Waals surface area (Å²) in [5.74, 6) is 0.763. The largest absolute Gasteiger partial charge is 0.486 e. The van der Waals surface area contributed by atoms with Gasteiger partial charge in [0.25, 0.3) is 0 Å². The highest BCUT2D eigenvalue weighted by molar-refractivity contribution is 7.11. The van der Waals surface area contributed by atoms with Gasteiger partial charge >= 0.3 is 0 Å². The molecule has 0 aliphatic carbocycles. The molecule has 0 saturated heterocycles. The first-order valence-corrected chi connectivity index (χ1v) is 6.71. The van der Waals surface area contributed by atoms with E-state index in [1.165, 1.54) is 4.88 Å². The molecule has 0 saturated carbocycles. The van der Waals surface area contributed by atoms with Crippen molar-refractivity contribution in [3.8, 4) is 5.75 Å². The average molecular weight is 263 g/mol. The molecule has 1 aromatic heterocycles. The first-order valence-electron chi connectivity index (χ1n) is 5.90. The van der Waals surface area contributed by atoms with Crippen molar-refractivity contribution in [1.29, 1.82) is 0 Å². The summed E-state index contributed by atoms with van der Waals surface area (Å²) in [6.45, 7) is 6.28. The van der Waals surface area contributed by atoms with Crippen molar-refractivity contribution in [1.82, 2.24) is 4.98 Å². The maximum Gasteiger partial charge on any atom is 0.140 e. The Hall–Kier alpha value is -1.39. The third-order valence-electron chi connectivity index (χ3n) is 2.78. The van der Waals surface area contributed by atoms with Crippen molar-refractivity contribution in [2.45, 2.75) is 33.5 Å². The van der Waals surface area contributed by atoms with Gasteiger partial charge in [-0.25, -0.2) is 4.98 Å². The number of rotatable bonds is 4. The zero-order valence-electron chi connectivity index (χ0n) is 10.8. The molecule has 1 unspecified atom stereocenters. The molecule has 4 heteroatoms. The molecular weight excluding hydrogens is 246 g/mol. The molecule has 2 aromatic rings. The Labute approximate surface area is 111 Å². The maximum atomic E-state index is 9.51. The first kappa shape index (κ1) is 13.1. The van der Waals surface area contributed by atoms with Crippen molar-refractivity contribution in [3.63, 3.8) is 0 Å². The van der Waals surface area contributed by atoms with E-state index in [4.69, 9.17) is 4.74 Å². The van der Waals surface area contributed by atoms with E-state index in [1.54, 1.807) is 18.3 Å². The van der Waals surface area contributed by atoms with Crippen molar-refractivity contribution in [2.75, 3.05) is 0 Å². The molecule has 0 spiro atoms. The lowest BCUT2D eigenvalue weighted by molar-refractivity contribution is 0.198. The number of nitrogens with zero attached hydrogens (tertiary/aromatic N) is 1. The van der Waals surface area contributed by atoms with E-state index in [-0.39, 0.29) is 0 Å². The van der Waals surface area contributed by atoms with Gasteiger partial charge in [0.1, 0.15) is 17.4 Å². The standard InChI is InChI=1S/C14H17NO2S/c1-9-11(3)18-14(15-9)8-17-13-6-4-5-12(7-13)10(2)16/h4-7,10,16H,8H2,1-3H3. The molecule has 0 aliphatic rings. The number of hydrogen-bond acceptors (Lipinski definition) is 4. The van der Waals surface area contributed by atoms with Gasteiger partial charge in [-0.3, -0.25) is 0 Å². The summed E-state index contributed by atoms with van der Waals surface area (Å²) in [6, 6.07) is 7.52. The summed E-state index contributed by atoms with van der Waals surface area (Å²) in [5, 5.41) is 10.5. The first-order chi connectivity index (χ1) is 8.56. The molecule has 2 rings (SSSR count). The van der Waals surface area contributed by atoms with Crippen LogP contribution in [0.25, 0.3) is 0 Å². The molecule has 0 radical (unpaired) electrons. The number of hydrogen-bond donors (Lipinski definition) is 1. The van der Waals surface area contributed by atoms with Gasteiger partial charge in [0.15, 0.2) is 0 Å². The minimum Gasteiger partial charge on any atom is -0.486 e. The van der Waals surface area contributed by atoms with Crippen LogP contribution in [0.15, 0.2) is 24.3 Å². The van der Waals surface area contributed by atoms with Gasteiger partial charge in [-0.2, -0.15) is 0 Å². The second-order valence-corrected chi connectivity index (χ2v) is 5.57. The summed E-state index contributed by atoms with van der Waals surface area (Å²) < 4.78 is 5.69. The molecule has 0 aliphatic heterocycles. The molecule has 0 bridgehead atoms. The highest BCUT2D eigenvalue weighted by Gasteiger charge is 2.06. The summed E-state index contributed by atoms with van der Waals surface area (Å²) >= 11 is 1.66. The molecule has 1 aromatic carbocycles. The number of ether oxygens (including phenoxy) is 1. The van der Waals surface area contributed by atoms with Crippen LogP contribution in [-0.2, 0) is 6.61 Å². The Kier molecular flexibility index (Phi) is 3.99. The normalized spacial score (nSPS) is 12.4. The van der Waals surface area contributed by atoms with Gasteiger partial charge < -0.3 is 9.84 Å². The van der Waals surface area contributed by atoms with Crippen LogP contribution < -0.4 is 4.74 Å². The third-order valence-corrected chi connectivity index (χ3v) is 3.82. The van der Waals surface area contributed by atoms with Crippen LogP contribution in [0.5, 0.6) is 5.75 Å². The lowest BCUT2D eigenvalue weighted by Crippen LogP contribution is -1.97. The zero-order valence-corrected chi connectivity index (χ0v) is 11.6. The van der Waals surface area contributed by atoms with Gasteiger partial charge in [0, 0.05) is 4.88 Å². The van der Waals surface area contributed by atoms with Crippen LogP contribution in [0.1, 0.15) is 34.2 Å². The fourth-order valence-corrected chi connectivity index (χ4v) is 2.46. The van der Waals surface area contributed by atoms with Gasteiger partial charge in [-0.1, -0.05) is 12.1 Å². The highest BCUT2D eigenvalue weighted by Crippen LogP contribution is 2.21. The van der Waals surface area contributed by atoms with Crippen molar-refractivity contribution >= 4 is 11.3 Å². The average Bonchev–Trinajstić information content (AvgIpc) is 2.67. The number of benzene rings is 1. The quantitative estimate of drug-likeness (QED) is 0.919. The van der Waals surface area contributed by atoms with Crippen molar-refractivity contribution < 1.29 is 9.84 Å². The van der Waals surface area contributed by atoms with Crippen molar-refractivity contribution in [2.24, 2.45) is 0 Å². The number of aliphatic hydroxyl groups is 1. The molecule has 1 atom stereocenters. The molecule has 18 heavy (non-hydrogen) atoms. The smallest absolute Gasteiger partial charge is 0.140 e. The van der Waals surface area contributed by atoms with E-state index in [0.717, 1.165) is 22.0 Å². The molecule has 3 nitrogen and oxygen atoms in total. The predicted octanol–water partition coefficient (Wildman–Crippen LogP) is 3.39. The monoisotopic (exact) mass is 263 g/mol. The Morgan fingerprint density at radius 3 is 2.78 bits per heavy atom. The molecule has 96 valence electrons. The summed E-state index contributed by atoms with van der Waals surface area (Å²) in [6.07, 6.45) is -0.474. The van der Waals surface area contributed by atoms with Crippen LogP contribution in [-0.4, -0.2) is 10.1 Å². The van der Waals surface area contributed by atoms with E-state index < -0.39 is 6.10 Å². The predicted molar refractivity (Wildman–Crippen MR) is 73.0 cm³/mol. The Bertz CT molecular complexity index is 515. The SMILES string of the molecule is Cc1nc(COc2cccc(C(C)O)c2)sc1C. The van der Waals surface area contributed by atoms with Gasteiger partial charge in [0.2, 0.25) is 0 Å². The number of thiazole rings is 1. The Morgan fingerprint density at radius 1 is 1.39 bits per heavy atom. The molecule has 0 fully saturated rings. The van der Waals surface area contributed by atoms with Crippen LogP contribution >= 0.6 is 11.3 Å². The Balaban J connectivity index is 2.03. The van der Waals surface area contributed by atoms with Gasteiger partial charge in [0.05, 0.1) is 11.8 Å². The second-order valence-electron chi connectivity index (χ2n) is 4.29. The topological polar surface area (TPSA) is 42.4 Å². The molecule has 1 N–H and O–H groups in total. The minimum atomic E-state index is -0.474. The summed E-state index contributed by atoms with van der Waals surface area (Å²) in [7, 11) is 0. The van der Waals surface area contributed by atoms with Crippen LogP contribution in [0.2, 0.25) is 0 Å². The maximum absolute atomic E-state index is 9.51. The molecule has 0 amide bonds. The van der Waals surface area contributed by atoms with E-state index in [2.05, 4.69) is 11.9 Å². The van der Waals surface area contributed by atoms with E-state index in [0.29, 0.717) is 6.61 Å². The molecule has 1 heterocycles. The number of aryl methyl sites for hydroxylation is 2. The zero-order chi connectivity index (χ0) is 13.1. The van der Waals surface area contributed by atoms with E-state index in [1.807, 2.05) is 31.2 Å². The number of aliphatic hydroxyl groups excluding tert-OH is 1. The summed E-state index contributed by atoms with van der Waals surface area (Å²) in [4.78, 5) is 5.66. The van der Waals surface area contributed by atoms with E-state index >= 15 is 0 Å². The van der Waals surface area contributed by atoms with Crippen LogP contribution in [0, 0.1) is 13.8 Å². The fourth-order valence-electron chi connectivity index (χ4n) is 1.61. The molecular formula is C14H17NO2S. The summed E-state index contributed by atoms with van der Waals surface area (Å²) in [5.41, 5.74) is 1.93. The lowest BCUT2D eigenvalue weighted by Gasteiger charge is -2.08. The van der Waals surface area contributed by atoms with Crippen molar-refractivity contribution in [3.05, 3.63) is 45.4 Å². The van der Waals surface area contributed by atoms with Crippen LogP contribution in [0.4, 0.5) is 0 Å². The second kappa shape index (κ2) is 5.50. The Morgan fingerprint density at radius 2 is 2.17 bits per heavy atom. The fraction of sp³-hybridized carbons (Fsp3) is 0.357.